The van der Waals surface area contributed by atoms with Crippen molar-refractivity contribution < 1.29 is 17.9 Å². The van der Waals surface area contributed by atoms with Crippen molar-refractivity contribution in [2.24, 2.45) is 29.6 Å². The molecule has 4 bridgehead atoms. The first-order chi connectivity index (χ1) is 14.2. The average molecular weight is 439 g/mol. The lowest BCUT2D eigenvalue weighted by Crippen LogP contribution is -2.55. The summed E-state index contributed by atoms with van der Waals surface area (Å²) in [6.45, 7) is 5.03. The van der Waals surface area contributed by atoms with E-state index < -0.39 is 10.0 Å². The van der Waals surface area contributed by atoms with Crippen LogP contribution in [-0.2, 0) is 16.6 Å². The monoisotopic (exact) mass is 438 g/mol. The summed E-state index contributed by atoms with van der Waals surface area (Å²) in [5.41, 5.74) is 0.434. The van der Waals surface area contributed by atoms with E-state index in [-0.39, 0.29) is 18.5 Å². The van der Waals surface area contributed by atoms with E-state index in [0.717, 1.165) is 18.1 Å². The van der Waals surface area contributed by atoms with E-state index in [4.69, 9.17) is 4.74 Å². The quantitative estimate of drug-likeness (QED) is 0.614. The van der Waals surface area contributed by atoms with Crippen LogP contribution in [0.25, 0.3) is 0 Å². The number of ether oxygens (including phenoxy) is 1. The van der Waals surface area contributed by atoms with Crippen molar-refractivity contribution in [2.45, 2.75) is 58.5 Å². The summed E-state index contributed by atoms with van der Waals surface area (Å²) in [6.07, 6.45) is 9.01. The van der Waals surface area contributed by atoms with Crippen molar-refractivity contribution in [3.63, 3.8) is 0 Å². The van der Waals surface area contributed by atoms with Crippen molar-refractivity contribution in [2.75, 3.05) is 19.4 Å². The standard InChI is InChI=1S/C21H34N4O4S/c1-13(2)12-29-21-18(11-22-25(21)5-4-23-30(3,27)28)20(26)24-19-16-7-14-6-15(9-16)10-17(19)8-14/h11,13-17,19,23H,4-10,12H2,1-3H3,(H,24,26). The Balaban J connectivity index is 1.47. The van der Waals surface area contributed by atoms with Crippen LogP contribution in [0.5, 0.6) is 5.88 Å². The third-order valence-electron chi connectivity index (χ3n) is 6.80. The summed E-state index contributed by atoms with van der Waals surface area (Å²) >= 11 is 0. The van der Waals surface area contributed by atoms with E-state index in [1.54, 1.807) is 10.9 Å². The van der Waals surface area contributed by atoms with Crippen LogP contribution in [0.1, 0.15) is 56.3 Å². The third kappa shape index (κ3) is 4.82. The molecule has 9 heteroatoms. The summed E-state index contributed by atoms with van der Waals surface area (Å²) < 4.78 is 32.7. The maximum absolute atomic E-state index is 13.2. The third-order valence-corrected chi connectivity index (χ3v) is 7.53. The highest BCUT2D eigenvalue weighted by Crippen LogP contribution is 2.53. The zero-order valence-corrected chi connectivity index (χ0v) is 19.0. The molecule has 1 aromatic heterocycles. The maximum Gasteiger partial charge on any atom is 0.258 e. The van der Waals surface area contributed by atoms with Crippen LogP contribution in [0.2, 0.25) is 0 Å². The van der Waals surface area contributed by atoms with Crippen molar-refractivity contribution in [1.29, 1.82) is 0 Å². The molecule has 0 atom stereocenters. The van der Waals surface area contributed by atoms with Gasteiger partial charge in [0.2, 0.25) is 15.9 Å². The Labute approximate surface area is 179 Å². The fraction of sp³-hybridized carbons (Fsp3) is 0.810. The molecular weight excluding hydrogens is 404 g/mol. The van der Waals surface area contributed by atoms with Crippen LogP contribution < -0.4 is 14.8 Å². The van der Waals surface area contributed by atoms with Crippen LogP contribution in [0.4, 0.5) is 0 Å². The highest BCUT2D eigenvalue weighted by atomic mass is 32.2. The fourth-order valence-corrected chi connectivity index (χ4v) is 6.28. The lowest BCUT2D eigenvalue weighted by molar-refractivity contribution is -0.0120. The topological polar surface area (TPSA) is 102 Å². The van der Waals surface area contributed by atoms with Gasteiger partial charge >= 0.3 is 0 Å². The minimum absolute atomic E-state index is 0.131. The molecule has 4 saturated carbocycles. The van der Waals surface area contributed by atoms with Crippen LogP contribution in [0.3, 0.4) is 0 Å². The van der Waals surface area contributed by atoms with Gasteiger partial charge in [0.15, 0.2) is 0 Å². The second kappa shape index (κ2) is 8.49. The van der Waals surface area contributed by atoms with Gasteiger partial charge in [-0.2, -0.15) is 5.10 Å². The summed E-state index contributed by atoms with van der Waals surface area (Å²) in [5.74, 6) is 3.49. The molecule has 1 aromatic rings. The number of carbonyl (C=O) groups is 1. The molecule has 8 nitrogen and oxygen atoms in total. The zero-order valence-electron chi connectivity index (χ0n) is 18.1. The Hall–Kier alpha value is -1.61. The molecule has 0 unspecified atom stereocenters. The van der Waals surface area contributed by atoms with Gasteiger partial charge in [0.25, 0.3) is 5.91 Å². The molecule has 0 spiro atoms. The van der Waals surface area contributed by atoms with Gasteiger partial charge in [-0.25, -0.2) is 17.8 Å². The predicted octanol–water partition coefficient (Wildman–Crippen LogP) is 2.02. The molecule has 1 amide bonds. The van der Waals surface area contributed by atoms with Gasteiger partial charge in [-0.15, -0.1) is 0 Å². The van der Waals surface area contributed by atoms with Gasteiger partial charge in [-0.3, -0.25) is 4.79 Å². The molecular formula is C21H34N4O4S. The maximum atomic E-state index is 13.2. The van der Waals surface area contributed by atoms with Crippen molar-refractivity contribution in [3.05, 3.63) is 11.8 Å². The summed E-state index contributed by atoms with van der Waals surface area (Å²) in [4.78, 5) is 13.2. The Morgan fingerprint density at radius 3 is 2.40 bits per heavy atom. The Morgan fingerprint density at radius 1 is 1.20 bits per heavy atom. The number of nitrogens with one attached hydrogen (secondary N) is 2. The number of sulfonamides is 1. The molecule has 4 fully saturated rings. The zero-order chi connectivity index (χ0) is 21.5. The van der Waals surface area contributed by atoms with Gasteiger partial charge in [-0.05, 0) is 61.7 Å². The predicted molar refractivity (Wildman–Crippen MR) is 114 cm³/mol. The van der Waals surface area contributed by atoms with Crippen molar-refractivity contribution in [1.82, 2.24) is 19.8 Å². The molecule has 4 aliphatic carbocycles. The van der Waals surface area contributed by atoms with E-state index in [1.807, 2.05) is 13.8 Å². The Kier molecular flexibility index (Phi) is 6.12. The van der Waals surface area contributed by atoms with E-state index in [9.17, 15) is 13.2 Å². The number of hydrogen-bond acceptors (Lipinski definition) is 5. The SMILES string of the molecule is CC(C)COc1c(C(=O)NC2C3CC4CC(C3)CC2C4)cnn1CCNS(C)(=O)=O. The molecule has 1 heterocycles. The summed E-state index contributed by atoms with van der Waals surface area (Å²) in [7, 11) is -3.28. The van der Waals surface area contributed by atoms with Gasteiger partial charge in [-0.1, -0.05) is 13.8 Å². The molecule has 0 aliphatic heterocycles. The number of nitrogens with zero attached hydrogens (tertiary/aromatic N) is 2. The van der Waals surface area contributed by atoms with E-state index in [2.05, 4.69) is 15.1 Å². The fourth-order valence-electron chi connectivity index (χ4n) is 5.81. The van der Waals surface area contributed by atoms with Crippen molar-refractivity contribution >= 4 is 15.9 Å². The van der Waals surface area contributed by atoms with Crippen LogP contribution >= 0.6 is 0 Å². The van der Waals surface area contributed by atoms with Crippen LogP contribution in [0.15, 0.2) is 6.20 Å². The number of hydrogen-bond donors (Lipinski definition) is 2. The van der Waals surface area contributed by atoms with Gasteiger partial charge in [0.05, 0.1) is 25.6 Å². The molecule has 4 aliphatic rings. The normalized spacial score (nSPS) is 30.1. The van der Waals surface area contributed by atoms with Crippen molar-refractivity contribution in [3.8, 4) is 5.88 Å². The minimum atomic E-state index is -3.28. The second-order valence-corrected chi connectivity index (χ2v) is 11.7. The lowest BCUT2D eigenvalue weighted by Gasteiger charge is -2.54. The van der Waals surface area contributed by atoms with Gasteiger partial charge in [0, 0.05) is 12.6 Å². The first-order valence-electron chi connectivity index (χ1n) is 11.1. The number of amides is 1. The largest absolute Gasteiger partial charge is 0.477 e. The van der Waals surface area contributed by atoms with Crippen LogP contribution in [0, 0.1) is 29.6 Å². The van der Waals surface area contributed by atoms with E-state index in [0.29, 0.717) is 42.3 Å². The lowest BCUT2D eigenvalue weighted by atomic mass is 9.54. The molecule has 2 N–H and O–H groups in total. The number of carbonyl (C=O) groups excluding carboxylic acids is 1. The van der Waals surface area contributed by atoms with E-state index >= 15 is 0 Å². The van der Waals surface area contributed by atoms with E-state index in [1.165, 1.54) is 32.1 Å². The first kappa shape index (κ1) is 21.6. The molecule has 168 valence electrons. The average Bonchev–Trinajstić information content (AvgIpc) is 3.04. The molecule has 5 rings (SSSR count). The smallest absolute Gasteiger partial charge is 0.258 e. The molecule has 0 aromatic carbocycles. The number of aromatic nitrogens is 2. The Morgan fingerprint density at radius 2 is 1.83 bits per heavy atom. The van der Waals surface area contributed by atoms with Gasteiger partial charge in [0.1, 0.15) is 5.56 Å². The first-order valence-corrected chi connectivity index (χ1v) is 13.0. The highest BCUT2D eigenvalue weighted by Gasteiger charge is 2.48. The molecule has 0 saturated heterocycles. The Bertz CT molecular complexity index is 852. The molecule has 0 radical (unpaired) electrons. The summed E-state index contributed by atoms with van der Waals surface area (Å²) in [6, 6.07) is 0.249. The summed E-state index contributed by atoms with van der Waals surface area (Å²) in [5, 5.41) is 7.63. The highest BCUT2D eigenvalue weighted by molar-refractivity contribution is 7.88. The van der Waals surface area contributed by atoms with Gasteiger partial charge < -0.3 is 10.1 Å². The number of rotatable bonds is 9. The minimum Gasteiger partial charge on any atom is -0.477 e. The molecule has 30 heavy (non-hydrogen) atoms. The van der Waals surface area contributed by atoms with Crippen LogP contribution in [-0.4, -0.2) is 49.6 Å². The second-order valence-electron chi connectivity index (χ2n) is 9.89.